The molecule has 17 heteroatoms. The van der Waals surface area contributed by atoms with Crippen molar-refractivity contribution in [3.05, 3.63) is 90.0 Å². The lowest BCUT2D eigenvalue weighted by Crippen LogP contribution is -2.62. The summed E-state index contributed by atoms with van der Waals surface area (Å²) in [4.78, 5) is 15.9. The van der Waals surface area contributed by atoms with Crippen molar-refractivity contribution in [2.75, 3.05) is 6.61 Å². The van der Waals surface area contributed by atoms with E-state index in [1.165, 1.54) is 30.3 Å². The van der Waals surface area contributed by atoms with Crippen molar-refractivity contribution in [1.29, 1.82) is 0 Å². The minimum atomic E-state index is -4.54. The zero-order chi connectivity index (χ0) is 30.0. The zero-order valence-electron chi connectivity index (χ0n) is 21.0. The van der Waals surface area contributed by atoms with Gasteiger partial charge in [0.05, 0.1) is 6.54 Å². The molecule has 0 aliphatic rings. The Morgan fingerprint density at radius 2 is 1.67 bits per heavy atom. The van der Waals surface area contributed by atoms with Gasteiger partial charge in [0.2, 0.25) is 0 Å². The molecule has 224 valence electrons. The Balaban J connectivity index is 0.00000484. The minimum Gasteiger partial charge on any atom is -0.484 e. The largest absolute Gasteiger partial charge is 0.484 e. The van der Waals surface area contributed by atoms with E-state index in [2.05, 4.69) is 25.2 Å². The van der Waals surface area contributed by atoms with Crippen LogP contribution in [0, 0.1) is 11.6 Å². The maximum Gasteiger partial charge on any atom is 0.422 e. The molecule has 4 aromatic rings. The fourth-order valence-electron chi connectivity index (χ4n) is 4.27. The van der Waals surface area contributed by atoms with E-state index in [-0.39, 0.29) is 23.7 Å². The van der Waals surface area contributed by atoms with Gasteiger partial charge >= 0.3 is 18.1 Å². The van der Waals surface area contributed by atoms with Gasteiger partial charge in [-0.1, -0.05) is 24.3 Å². The predicted octanol–water partition coefficient (Wildman–Crippen LogP) is 4.52. The van der Waals surface area contributed by atoms with Gasteiger partial charge in [0.25, 0.3) is 0 Å². The van der Waals surface area contributed by atoms with Crippen LogP contribution in [0.3, 0.4) is 0 Å². The number of carboxylic acids is 1. The molecule has 0 radical (unpaired) electrons. The van der Waals surface area contributed by atoms with Crippen molar-refractivity contribution in [1.82, 2.24) is 25.2 Å². The summed E-state index contributed by atoms with van der Waals surface area (Å²) in [6.07, 6.45) is -2.65. The molecular weight excluding hydrogens is 601 g/mol. The number of aromatic nitrogens is 5. The van der Waals surface area contributed by atoms with Gasteiger partial charge in [-0.05, 0) is 40.3 Å². The van der Waals surface area contributed by atoms with Gasteiger partial charge in [0.15, 0.2) is 6.61 Å². The van der Waals surface area contributed by atoms with Crippen LogP contribution in [0.15, 0.2) is 67.1 Å². The first kappa shape index (κ1) is 32.2. The number of ether oxygens (including phenoxy) is 1. The van der Waals surface area contributed by atoms with Crippen LogP contribution in [-0.2, 0) is 22.7 Å². The van der Waals surface area contributed by atoms with Crippen LogP contribution in [0.4, 0.5) is 30.7 Å². The summed E-state index contributed by atoms with van der Waals surface area (Å²) < 4.78 is 104. The molecule has 0 aliphatic heterocycles. The topological polar surface area (TPSA) is 129 Å². The van der Waals surface area contributed by atoms with Crippen molar-refractivity contribution in [3.8, 4) is 16.9 Å². The van der Waals surface area contributed by atoms with E-state index in [4.69, 9.17) is 5.73 Å². The highest BCUT2D eigenvalue weighted by Gasteiger charge is 2.63. The smallest absolute Gasteiger partial charge is 0.422 e. The number of alkyl halides is 5. The summed E-state index contributed by atoms with van der Waals surface area (Å²) in [5.41, 5.74) is 1.40. The van der Waals surface area contributed by atoms with E-state index < -0.39 is 65.6 Å². The molecule has 2 atom stereocenters. The number of carbonyl (C=O) groups is 1. The fraction of sp³-hybridized carbons (Fsp3) is 0.240. The summed E-state index contributed by atoms with van der Waals surface area (Å²) in [7, 11) is 0. The van der Waals surface area contributed by atoms with E-state index in [1.807, 2.05) is 0 Å². The first-order valence-electron chi connectivity index (χ1n) is 11.5. The van der Waals surface area contributed by atoms with E-state index in [1.54, 1.807) is 0 Å². The molecule has 2 aromatic carbocycles. The molecule has 42 heavy (non-hydrogen) atoms. The second-order valence-corrected chi connectivity index (χ2v) is 8.85. The van der Waals surface area contributed by atoms with Crippen LogP contribution in [-0.4, -0.2) is 55.1 Å². The van der Waals surface area contributed by atoms with Gasteiger partial charge in [-0.15, -0.1) is 17.5 Å². The number of hydrogen-bond donors (Lipinski definition) is 2. The van der Waals surface area contributed by atoms with Crippen molar-refractivity contribution >= 4 is 18.4 Å². The SMILES string of the molecule is Cl.NC(C(=O)O)C(Cn1cnnn1)(c1ccc(F)cc1F)C(F)(F)c1ccc(-c2ccc(OCC(F)(F)F)cc2)cn1. The van der Waals surface area contributed by atoms with Gasteiger partial charge in [0.1, 0.15) is 40.9 Å². The molecule has 0 amide bonds. The van der Waals surface area contributed by atoms with Crippen molar-refractivity contribution < 1.29 is 45.4 Å². The summed E-state index contributed by atoms with van der Waals surface area (Å²) in [5, 5.41) is 19.9. The Bertz CT molecular complexity index is 1510. The summed E-state index contributed by atoms with van der Waals surface area (Å²) in [6.45, 7) is -2.55. The Morgan fingerprint density at radius 1 is 1.00 bits per heavy atom. The van der Waals surface area contributed by atoms with Crippen molar-refractivity contribution in [2.45, 2.75) is 30.1 Å². The van der Waals surface area contributed by atoms with Crippen molar-refractivity contribution in [3.63, 3.8) is 0 Å². The molecule has 2 unspecified atom stereocenters. The third-order valence-corrected chi connectivity index (χ3v) is 6.25. The van der Waals surface area contributed by atoms with Crippen LogP contribution >= 0.6 is 12.4 Å². The number of rotatable bonds is 10. The van der Waals surface area contributed by atoms with E-state index in [0.29, 0.717) is 23.8 Å². The monoisotopic (exact) mass is 620 g/mol. The minimum absolute atomic E-state index is 0. The first-order chi connectivity index (χ1) is 19.2. The Labute approximate surface area is 238 Å². The molecular formula is C25H20ClF7N6O3. The van der Waals surface area contributed by atoms with Crippen LogP contribution in [0.5, 0.6) is 5.75 Å². The zero-order valence-corrected chi connectivity index (χ0v) is 21.8. The standard InChI is InChI=1S/C25H19F7N6O3.ClH/c26-16-4-7-18(19(27)9-16)23(21(33)22(39)40,11-38-13-35-36-37-38)25(31,32)20-8-3-15(10-34-20)14-1-5-17(6-2-14)41-12-24(28,29)30;/h1-10,13,21H,11-12,33H2,(H,39,40);1H. The quantitative estimate of drug-likeness (QED) is 0.248. The fourth-order valence-corrected chi connectivity index (χ4v) is 4.27. The highest BCUT2D eigenvalue weighted by molar-refractivity contribution is 5.85. The third kappa shape index (κ3) is 6.44. The lowest BCUT2D eigenvalue weighted by molar-refractivity contribution is -0.154. The Kier molecular flexibility index (Phi) is 9.42. The number of benzene rings is 2. The molecule has 9 nitrogen and oxygen atoms in total. The second kappa shape index (κ2) is 12.3. The highest BCUT2D eigenvalue weighted by atomic mass is 35.5. The lowest BCUT2D eigenvalue weighted by Gasteiger charge is -2.42. The summed E-state index contributed by atoms with van der Waals surface area (Å²) in [5.74, 6) is -8.93. The van der Waals surface area contributed by atoms with Gasteiger partial charge in [0, 0.05) is 23.4 Å². The maximum absolute atomic E-state index is 16.6. The molecule has 0 fully saturated rings. The average Bonchev–Trinajstić information content (AvgIpc) is 3.43. The first-order valence-corrected chi connectivity index (χ1v) is 11.5. The average molecular weight is 621 g/mol. The number of aliphatic carboxylic acids is 1. The van der Waals surface area contributed by atoms with Crippen LogP contribution < -0.4 is 10.5 Å². The number of tetrazole rings is 1. The molecule has 3 N–H and O–H groups in total. The molecule has 4 rings (SSSR count). The third-order valence-electron chi connectivity index (χ3n) is 6.25. The van der Waals surface area contributed by atoms with E-state index >= 15 is 13.2 Å². The number of nitrogens with zero attached hydrogens (tertiary/aromatic N) is 5. The summed E-state index contributed by atoms with van der Waals surface area (Å²) >= 11 is 0. The van der Waals surface area contributed by atoms with Gasteiger partial charge < -0.3 is 15.6 Å². The van der Waals surface area contributed by atoms with Crippen LogP contribution in [0.2, 0.25) is 0 Å². The van der Waals surface area contributed by atoms with Gasteiger partial charge in [-0.3, -0.25) is 9.78 Å². The highest BCUT2D eigenvalue weighted by Crippen LogP contribution is 2.50. The van der Waals surface area contributed by atoms with Crippen molar-refractivity contribution in [2.24, 2.45) is 5.73 Å². The number of nitrogens with two attached hydrogens (primary N) is 1. The lowest BCUT2D eigenvalue weighted by atomic mass is 9.67. The molecule has 0 saturated heterocycles. The van der Waals surface area contributed by atoms with Gasteiger partial charge in [-0.25, -0.2) is 13.5 Å². The van der Waals surface area contributed by atoms with Crippen LogP contribution in [0.25, 0.3) is 11.1 Å². The summed E-state index contributed by atoms with van der Waals surface area (Å²) in [6, 6.07) is 6.45. The maximum atomic E-state index is 16.6. The normalized spacial score (nSPS) is 14.0. The second-order valence-electron chi connectivity index (χ2n) is 8.85. The molecule has 0 bridgehead atoms. The Morgan fingerprint density at radius 3 is 2.19 bits per heavy atom. The number of hydrogen-bond acceptors (Lipinski definition) is 7. The predicted molar refractivity (Wildman–Crippen MR) is 134 cm³/mol. The number of carboxylic acid groups (broad SMARTS) is 1. The number of pyridine rings is 1. The Hall–Kier alpha value is -4.31. The number of halogens is 8. The van der Waals surface area contributed by atoms with E-state index in [9.17, 15) is 27.5 Å². The molecule has 0 saturated carbocycles. The molecule has 0 spiro atoms. The molecule has 2 heterocycles. The van der Waals surface area contributed by atoms with Crippen LogP contribution in [0.1, 0.15) is 11.3 Å². The van der Waals surface area contributed by atoms with E-state index in [0.717, 1.165) is 23.3 Å². The van der Waals surface area contributed by atoms with Gasteiger partial charge in [-0.2, -0.15) is 22.0 Å². The molecule has 0 aliphatic carbocycles. The molecule has 2 aromatic heterocycles.